The van der Waals surface area contributed by atoms with Crippen molar-refractivity contribution in [2.45, 2.75) is 6.92 Å². The first kappa shape index (κ1) is 14.9. The fourth-order valence-electron chi connectivity index (χ4n) is 2.50. The minimum atomic E-state index is 0.807. The Bertz CT molecular complexity index is 902. The number of nitrogens with zero attached hydrogens (tertiary/aromatic N) is 4. The number of aromatic nitrogens is 3. The Balaban J connectivity index is 2.21. The number of aliphatic imine (C=N–C) groups is 1. The van der Waals surface area contributed by atoms with Crippen molar-refractivity contribution >= 4 is 29.6 Å². The third kappa shape index (κ3) is 2.97. The van der Waals surface area contributed by atoms with E-state index in [0.29, 0.717) is 0 Å². The van der Waals surface area contributed by atoms with E-state index in [1.54, 1.807) is 13.1 Å². The smallest absolute Gasteiger partial charge is 0.163 e. The zero-order valence-electron chi connectivity index (χ0n) is 13.3. The van der Waals surface area contributed by atoms with Crippen molar-refractivity contribution in [3.63, 3.8) is 0 Å². The zero-order valence-corrected chi connectivity index (χ0v) is 13.3. The average Bonchev–Trinajstić information content (AvgIpc) is 2.99. The Morgan fingerprint density at radius 2 is 2.04 bits per heavy atom. The monoisotopic (exact) mass is 302 g/mol. The third-order valence-electron chi connectivity index (χ3n) is 3.58. The highest BCUT2D eigenvalue weighted by Crippen LogP contribution is 2.22. The van der Waals surface area contributed by atoms with E-state index in [4.69, 9.17) is 0 Å². The van der Waals surface area contributed by atoms with Crippen LogP contribution < -0.4 is 0 Å². The van der Waals surface area contributed by atoms with E-state index in [1.807, 2.05) is 48.1 Å². The SMILES string of the molecule is C=Cc1cc(C)n2ncc(/C(C=NC)=C/c3ccccc3)c2n1. The molecule has 0 saturated heterocycles. The predicted octanol–water partition coefficient (Wildman–Crippen LogP) is 3.92. The molecule has 0 aliphatic heterocycles. The van der Waals surface area contributed by atoms with E-state index in [1.165, 1.54) is 0 Å². The lowest BCUT2D eigenvalue weighted by Crippen LogP contribution is -1.98. The van der Waals surface area contributed by atoms with Crippen LogP contribution in [0, 0.1) is 6.92 Å². The van der Waals surface area contributed by atoms with Crippen molar-refractivity contribution in [2.24, 2.45) is 4.99 Å². The largest absolute Gasteiger partial charge is 0.296 e. The van der Waals surface area contributed by atoms with Crippen molar-refractivity contribution in [3.05, 3.63) is 71.7 Å². The van der Waals surface area contributed by atoms with Gasteiger partial charge in [-0.15, -0.1) is 0 Å². The van der Waals surface area contributed by atoms with Crippen LogP contribution in [0.25, 0.3) is 23.4 Å². The highest BCUT2D eigenvalue weighted by atomic mass is 15.3. The first-order valence-electron chi connectivity index (χ1n) is 7.40. The summed E-state index contributed by atoms with van der Waals surface area (Å²) in [5, 5.41) is 4.46. The minimum Gasteiger partial charge on any atom is -0.296 e. The quantitative estimate of drug-likeness (QED) is 0.685. The summed E-state index contributed by atoms with van der Waals surface area (Å²) in [5.74, 6) is 0. The van der Waals surface area contributed by atoms with Crippen LogP contribution in [0.15, 0.2) is 54.2 Å². The molecular formula is C19H18N4. The molecule has 2 heterocycles. The maximum absolute atomic E-state index is 4.64. The molecule has 0 unspecified atom stereocenters. The van der Waals surface area contributed by atoms with Gasteiger partial charge in [0.25, 0.3) is 0 Å². The maximum atomic E-state index is 4.64. The number of fused-ring (bicyclic) bond motifs is 1. The van der Waals surface area contributed by atoms with Crippen LogP contribution in [0.5, 0.6) is 0 Å². The van der Waals surface area contributed by atoms with Crippen LogP contribution in [-0.2, 0) is 0 Å². The second-order valence-electron chi connectivity index (χ2n) is 5.22. The fraction of sp³-hybridized carbons (Fsp3) is 0.105. The van der Waals surface area contributed by atoms with Gasteiger partial charge in [0.05, 0.1) is 11.9 Å². The maximum Gasteiger partial charge on any atom is 0.163 e. The van der Waals surface area contributed by atoms with Gasteiger partial charge in [0, 0.05) is 30.1 Å². The van der Waals surface area contributed by atoms with E-state index >= 15 is 0 Å². The molecule has 0 saturated carbocycles. The topological polar surface area (TPSA) is 42.5 Å². The van der Waals surface area contributed by atoms with Gasteiger partial charge >= 0.3 is 0 Å². The van der Waals surface area contributed by atoms with E-state index in [9.17, 15) is 0 Å². The van der Waals surface area contributed by atoms with Crippen molar-refractivity contribution < 1.29 is 0 Å². The Morgan fingerprint density at radius 1 is 1.26 bits per heavy atom. The van der Waals surface area contributed by atoms with E-state index in [0.717, 1.165) is 33.7 Å². The summed E-state index contributed by atoms with van der Waals surface area (Å²) in [4.78, 5) is 8.82. The summed E-state index contributed by atoms with van der Waals surface area (Å²) in [7, 11) is 1.76. The van der Waals surface area contributed by atoms with Gasteiger partial charge in [0.15, 0.2) is 5.65 Å². The van der Waals surface area contributed by atoms with Crippen LogP contribution >= 0.6 is 0 Å². The van der Waals surface area contributed by atoms with Gasteiger partial charge in [-0.1, -0.05) is 36.9 Å². The Labute approximate surface area is 135 Å². The Hall–Kier alpha value is -3.01. The van der Waals surface area contributed by atoms with Crippen molar-refractivity contribution in [3.8, 4) is 0 Å². The standard InChI is InChI=1S/C19H18N4/c1-4-17-10-14(2)23-19(22-17)18(13-21-23)16(12-20-3)11-15-8-6-5-7-9-15/h4-13H,1H2,2-3H3/b16-11+,20-12?. The molecule has 114 valence electrons. The lowest BCUT2D eigenvalue weighted by atomic mass is 10.1. The molecule has 0 aliphatic rings. The zero-order chi connectivity index (χ0) is 16.2. The molecule has 0 aliphatic carbocycles. The molecule has 4 heteroatoms. The summed E-state index contributed by atoms with van der Waals surface area (Å²) < 4.78 is 1.84. The van der Waals surface area contributed by atoms with Crippen LogP contribution in [0.4, 0.5) is 0 Å². The van der Waals surface area contributed by atoms with E-state index in [-0.39, 0.29) is 0 Å². The van der Waals surface area contributed by atoms with Gasteiger partial charge in [-0.3, -0.25) is 4.99 Å². The van der Waals surface area contributed by atoms with Gasteiger partial charge < -0.3 is 0 Å². The summed E-state index contributed by atoms with van der Waals surface area (Å²) in [6.45, 7) is 5.82. The molecule has 0 amide bonds. The normalized spacial score (nSPS) is 12.2. The van der Waals surface area contributed by atoms with Crippen LogP contribution in [0.3, 0.4) is 0 Å². The van der Waals surface area contributed by atoms with Crippen LogP contribution in [0.2, 0.25) is 0 Å². The second-order valence-corrected chi connectivity index (χ2v) is 5.22. The van der Waals surface area contributed by atoms with Crippen molar-refractivity contribution in [2.75, 3.05) is 7.05 Å². The van der Waals surface area contributed by atoms with Gasteiger partial charge in [0.1, 0.15) is 0 Å². The second kappa shape index (κ2) is 6.40. The number of benzene rings is 1. The molecule has 0 radical (unpaired) electrons. The lowest BCUT2D eigenvalue weighted by Gasteiger charge is -2.04. The molecule has 0 bridgehead atoms. The van der Waals surface area contributed by atoms with Gasteiger partial charge in [-0.2, -0.15) is 5.10 Å². The van der Waals surface area contributed by atoms with E-state index < -0.39 is 0 Å². The molecule has 4 nitrogen and oxygen atoms in total. The van der Waals surface area contributed by atoms with E-state index in [2.05, 4.69) is 39.9 Å². The minimum absolute atomic E-state index is 0.807. The molecule has 1 aromatic carbocycles. The average molecular weight is 302 g/mol. The molecule has 2 aromatic heterocycles. The highest BCUT2D eigenvalue weighted by Gasteiger charge is 2.11. The molecule has 0 atom stereocenters. The van der Waals surface area contributed by atoms with Crippen LogP contribution in [-0.4, -0.2) is 27.9 Å². The molecule has 0 spiro atoms. The summed E-state index contributed by atoms with van der Waals surface area (Å²) >= 11 is 0. The van der Waals surface area contributed by atoms with Gasteiger partial charge in [-0.05, 0) is 30.7 Å². The summed E-state index contributed by atoms with van der Waals surface area (Å²) in [6.07, 6.45) is 7.50. The van der Waals surface area contributed by atoms with Crippen LogP contribution in [0.1, 0.15) is 22.5 Å². The highest BCUT2D eigenvalue weighted by molar-refractivity contribution is 6.17. The molecule has 3 aromatic rings. The fourth-order valence-corrected chi connectivity index (χ4v) is 2.50. The van der Waals surface area contributed by atoms with Gasteiger partial charge in [-0.25, -0.2) is 9.50 Å². The Morgan fingerprint density at radius 3 is 2.74 bits per heavy atom. The number of hydrogen-bond acceptors (Lipinski definition) is 3. The molecular weight excluding hydrogens is 284 g/mol. The molecule has 0 N–H and O–H groups in total. The first-order valence-corrected chi connectivity index (χ1v) is 7.40. The van der Waals surface area contributed by atoms with Gasteiger partial charge in [0.2, 0.25) is 0 Å². The summed E-state index contributed by atoms with van der Waals surface area (Å²) in [5.41, 5.74) is 5.70. The summed E-state index contributed by atoms with van der Waals surface area (Å²) in [6, 6.07) is 12.1. The van der Waals surface area contributed by atoms with Crippen molar-refractivity contribution in [1.82, 2.24) is 14.6 Å². The Kier molecular flexibility index (Phi) is 4.15. The number of aryl methyl sites for hydroxylation is 1. The molecule has 0 fully saturated rings. The predicted molar refractivity (Wildman–Crippen MR) is 96.5 cm³/mol. The number of rotatable bonds is 4. The lowest BCUT2D eigenvalue weighted by molar-refractivity contribution is 0.892. The first-order chi connectivity index (χ1) is 11.2. The molecule has 3 rings (SSSR count). The number of hydrogen-bond donors (Lipinski definition) is 0. The molecule has 23 heavy (non-hydrogen) atoms. The van der Waals surface area contributed by atoms with Crippen molar-refractivity contribution in [1.29, 1.82) is 0 Å². The number of allylic oxidation sites excluding steroid dienone is 1. The third-order valence-corrected chi connectivity index (χ3v) is 3.58.